The summed E-state index contributed by atoms with van der Waals surface area (Å²) >= 11 is 0. The van der Waals surface area contributed by atoms with Crippen LogP contribution in [0.1, 0.15) is 32.7 Å². The molecule has 0 saturated carbocycles. The monoisotopic (exact) mass is 271 g/mol. The Kier molecular flexibility index (Phi) is 3.70. The lowest BCUT2D eigenvalue weighted by Crippen LogP contribution is -2.36. The van der Waals surface area contributed by atoms with E-state index in [2.05, 4.69) is 66.1 Å². The van der Waals surface area contributed by atoms with E-state index in [1.165, 1.54) is 42.5 Å². The van der Waals surface area contributed by atoms with Crippen molar-refractivity contribution in [2.75, 3.05) is 25.5 Å². The van der Waals surface area contributed by atoms with E-state index in [0.717, 1.165) is 0 Å². The summed E-state index contributed by atoms with van der Waals surface area (Å²) in [6.45, 7) is 6.86. The van der Waals surface area contributed by atoms with E-state index >= 15 is 0 Å². The van der Waals surface area contributed by atoms with Crippen molar-refractivity contribution in [1.82, 2.24) is 9.47 Å². The number of hydrogen-bond acceptors (Lipinski definition) is 2. The number of anilines is 1. The zero-order chi connectivity index (χ0) is 14.1. The first kappa shape index (κ1) is 13.5. The van der Waals surface area contributed by atoms with Crippen LogP contribution in [0.3, 0.4) is 0 Å². The maximum absolute atomic E-state index is 3.76. The molecule has 2 heterocycles. The molecule has 0 atom stereocenters. The van der Waals surface area contributed by atoms with Crippen molar-refractivity contribution >= 4 is 16.6 Å². The molecule has 3 rings (SSSR count). The molecule has 1 N–H and O–H groups in total. The van der Waals surface area contributed by atoms with Gasteiger partial charge in [-0.15, -0.1) is 0 Å². The summed E-state index contributed by atoms with van der Waals surface area (Å²) in [6.07, 6.45) is 4.67. The van der Waals surface area contributed by atoms with Crippen molar-refractivity contribution < 1.29 is 0 Å². The number of aromatic nitrogens is 1. The fraction of sp³-hybridized carbons (Fsp3) is 0.529. The topological polar surface area (TPSA) is 20.2 Å². The van der Waals surface area contributed by atoms with Gasteiger partial charge >= 0.3 is 0 Å². The van der Waals surface area contributed by atoms with E-state index in [1.807, 2.05) is 0 Å². The normalized spacial score (nSPS) is 18.0. The summed E-state index contributed by atoms with van der Waals surface area (Å²) in [5.41, 5.74) is 2.62. The van der Waals surface area contributed by atoms with Gasteiger partial charge in [-0.3, -0.25) is 0 Å². The first-order valence-electron chi connectivity index (χ1n) is 7.70. The summed E-state index contributed by atoms with van der Waals surface area (Å²) in [7, 11) is 2.21. The van der Waals surface area contributed by atoms with E-state index in [1.54, 1.807) is 0 Å². The lowest BCUT2D eigenvalue weighted by atomic mass is 10.0. The highest BCUT2D eigenvalue weighted by molar-refractivity contribution is 5.92. The molecule has 1 aromatic carbocycles. The summed E-state index contributed by atoms with van der Waals surface area (Å²) in [4.78, 5) is 2.41. The third kappa shape index (κ3) is 2.55. The highest BCUT2D eigenvalue weighted by atomic mass is 15.1. The Morgan fingerprint density at radius 1 is 1.15 bits per heavy atom. The molecule has 0 aliphatic carbocycles. The zero-order valence-corrected chi connectivity index (χ0v) is 12.8. The predicted molar refractivity (Wildman–Crippen MR) is 86.5 cm³/mol. The average molecular weight is 271 g/mol. The molecule has 0 radical (unpaired) electrons. The Bertz CT molecular complexity index is 577. The van der Waals surface area contributed by atoms with Gasteiger partial charge in [0.05, 0.1) is 5.52 Å². The van der Waals surface area contributed by atoms with Crippen molar-refractivity contribution in [3.63, 3.8) is 0 Å². The van der Waals surface area contributed by atoms with Crippen molar-refractivity contribution in [1.29, 1.82) is 0 Å². The standard InChI is InChI=1S/C17H25N3/c1-13(2)20-12-9-15-16(5-4-6-17(15)20)18-14-7-10-19(3)11-8-14/h4-6,9,12-14,18H,7-8,10-11H2,1-3H3. The summed E-state index contributed by atoms with van der Waals surface area (Å²) in [6, 6.07) is 9.95. The highest BCUT2D eigenvalue weighted by Crippen LogP contribution is 2.28. The molecule has 0 bridgehead atoms. The van der Waals surface area contributed by atoms with Gasteiger partial charge in [-0.1, -0.05) is 6.07 Å². The second-order valence-corrected chi connectivity index (χ2v) is 6.28. The van der Waals surface area contributed by atoms with Crippen LogP contribution in [0.15, 0.2) is 30.5 Å². The Morgan fingerprint density at radius 2 is 1.90 bits per heavy atom. The first-order chi connectivity index (χ1) is 9.65. The van der Waals surface area contributed by atoms with Gasteiger partial charge in [0, 0.05) is 29.4 Å². The fourth-order valence-corrected chi connectivity index (χ4v) is 3.14. The molecule has 1 aromatic heterocycles. The van der Waals surface area contributed by atoms with Crippen LogP contribution < -0.4 is 5.32 Å². The number of likely N-dealkylation sites (tertiary alicyclic amines) is 1. The smallest absolute Gasteiger partial charge is 0.0503 e. The van der Waals surface area contributed by atoms with Crippen molar-refractivity contribution in [3.05, 3.63) is 30.5 Å². The van der Waals surface area contributed by atoms with E-state index in [9.17, 15) is 0 Å². The van der Waals surface area contributed by atoms with Gasteiger partial charge in [-0.25, -0.2) is 0 Å². The van der Waals surface area contributed by atoms with Crippen LogP contribution in [-0.2, 0) is 0 Å². The third-order valence-corrected chi connectivity index (χ3v) is 4.40. The van der Waals surface area contributed by atoms with Crippen LogP contribution in [0.4, 0.5) is 5.69 Å². The quantitative estimate of drug-likeness (QED) is 0.918. The molecule has 0 amide bonds. The number of rotatable bonds is 3. The minimum Gasteiger partial charge on any atom is -0.382 e. The molecule has 3 heteroatoms. The Morgan fingerprint density at radius 3 is 2.60 bits per heavy atom. The Labute approximate surface area is 121 Å². The molecule has 1 fully saturated rings. The largest absolute Gasteiger partial charge is 0.382 e. The van der Waals surface area contributed by atoms with Gasteiger partial charge < -0.3 is 14.8 Å². The van der Waals surface area contributed by atoms with E-state index in [4.69, 9.17) is 0 Å². The van der Waals surface area contributed by atoms with Gasteiger partial charge in [-0.05, 0) is 65.0 Å². The Hall–Kier alpha value is -1.48. The highest BCUT2D eigenvalue weighted by Gasteiger charge is 2.17. The van der Waals surface area contributed by atoms with Crippen LogP contribution in [0, 0.1) is 0 Å². The number of benzene rings is 1. The van der Waals surface area contributed by atoms with E-state index in [-0.39, 0.29) is 0 Å². The van der Waals surface area contributed by atoms with Crippen molar-refractivity contribution in [3.8, 4) is 0 Å². The number of nitrogens with one attached hydrogen (secondary N) is 1. The van der Waals surface area contributed by atoms with E-state index < -0.39 is 0 Å². The average Bonchev–Trinajstić information content (AvgIpc) is 2.86. The SMILES string of the molecule is CC(C)n1ccc2c(NC3CCN(C)CC3)cccc21. The van der Waals surface area contributed by atoms with Gasteiger partial charge in [0.25, 0.3) is 0 Å². The van der Waals surface area contributed by atoms with Crippen molar-refractivity contribution in [2.45, 2.75) is 38.8 Å². The number of piperidine rings is 1. The minimum absolute atomic E-state index is 0.506. The first-order valence-corrected chi connectivity index (χ1v) is 7.70. The number of nitrogens with zero attached hydrogens (tertiary/aromatic N) is 2. The maximum Gasteiger partial charge on any atom is 0.0503 e. The molecule has 108 valence electrons. The number of hydrogen-bond donors (Lipinski definition) is 1. The fourth-order valence-electron chi connectivity index (χ4n) is 3.14. The summed E-state index contributed by atoms with van der Waals surface area (Å²) in [5, 5.41) is 5.10. The summed E-state index contributed by atoms with van der Waals surface area (Å²) in [5.74, 6) is 0. The van der Waals surface area contributed by atoms with E-state index in [0.29, 0.717) is 12.1 Å². The molecule has 20 heavy (non-hydrogen) atoms. The summed E-state index contributed by atoms with van der Waals surface area (Å²) < 4.78 is 2.34. The molecule has 1 aliphatic rings. The molecule has 2 aromatic rings. The third-order valence-electron chi connectivity index (χ3n) is 4.40. The van der Waals surface area contributed by atoms with Gasteiger partial charge in [0.15, 0.2) is 0 Å². The van der Waals surface area contributed by atoms with Crippen LogP contribution in [0.5, 0.6) is 0 Å². The molecular formula is C17H25N3. The zero-order valence-electron chi connectivity index (χ0n) is 12.8. The van der Waals surface area contributed by atoms with Crippen LogP contribution in [-0.4, -0.2) is 35.6 Å². The molecular weight excluding hydrogens is 246 g/mol. The van der Waals surface area contributed by atoms with Crippen LogP contribution in [0.2, 0.25) is 0 Å². The maximum atomic E-state index is 3.76. The molecule has 1 saturated heterocycles. The minimum atomic E-state index is 0.506. The molecule has 0 unspecified atom stereocenters. The lowest BCUT2D eigenvalue weighted by molar-refractivity contribution is 0.264. The van der Waals surface area contributed by atoms with Crippen molar-refractivity contribution in [2.24, 2.45) is 0 Å². The van der Waals surface area contributed by atoms with Gasteiger partial charge in [0.1, 0.15) is 0 Å². The second-order valence-electron chi connectivity index (χ2n) is 6.28. The van der Waals surface area contributed by atoms with Gasteiger partial charge in [0.2, 0.25) is 0 Å². The molecule has 0 spiro atoms. The van der Waals surface area contributed by atoms with Gasteiger partial charge in [-0.2, -0.15) is 0 Å². The molecule has 3 nitrogen and oxygen atoms in total. The van der Waals surface area contributed by atoms with Crippen LogP contribution in [0.25, 0.3) is 10.9 Å². The van der Waals surface area contributed by atoms with Crippen LogP contribution >= 0.6 is 0 Å². The predicted octanol–water partition coefficient (Wildman–Crippen LogP) is 3.73. The Balaban J connectivity index is 1.85. The molecule has 1 aliphatic heterocycles. The number of fused-ring (bicyclic) bond motifs is 1. The second kappa shape index (κ2) is 5.49. The lowest BCUT2D eigenvalue weighted by Gasteiger charge is -2.30.